The molecule has 2 rings (SSSR count). The molecule has 0 radical (unpaired) electrons. The largest absolute Gasteiger partial charge is 0.444 e. The highest BCUT2D eigenvalue weighted by Crippen LogP contribution is 2.12. The molecule has 166 valence electrons. The minimum absolute atomic E-state index is 0. The molecule has 1 saturated heterocycles. The average Bonchev–Trinajstić information content (AvgIpc) is 3.16. The number of nitrogens with one attached hydrogen (secondary N) is 2. The van der Waals surface area contributed by atoms with E-state index in [-0.39, 0.29) is 30.1 Å². The molecule has 0 saturated carbocycles. The van der Waals surface area contributed by atoms with Crippen LogP contribution in [0.1, 0.15) is 39.7 Å². The number of nitrogens with zero attached hydrogens (tertiary/aromatic N) is 3. The van der Waals surface area contributed by atoms with E-state index >= 15 is 0 Å². The van der Waals surface area contributed by atoms with E-state index in [1.807, 2.05) is 20.8 Å². The maximum absolute atomic E-state index is 12.1. The number of carbonyl (C=O) groups is 1. The van der Waals surface area contributed by atoms with E-state index in [1.165, 1.54) is 5.56 Å². The highest BCUT2D eigenvalue weighted by molar-refractivity contribution is 14.0. The van der Waals surface area contributed by atoms with E-state index in [4.69, 9.17) is 4.74 Å². The Kier molecular flexibility index (Phi) is 11.9. The van der Waals surface area contributed by atoms with Gasteiger partial charge in [-0.1, -0.05) is 0 Å². The van der Waals surface area contributed by atoms with Crippen LogP contribution in [0.15, 0.2) is 21.8 Å². The molecule has 2 N–H and O–H groups in total. The predicted molar refractivity (Wildman–Crippen MR) is 131 cm³/mol. The number of hydrogen-bond donors (Lipinski definition) is 2. The number of ether oxygens (including phenoxy) is 1. The number of hydrogen-bond acceptors (Lipinski definition) is 5. The number of halogens is 1. The van der Waals surface area contributed by atoms with Gasteiger partial charge in [0, 0.05) is 39.3 Å². The second-order valence-electron chi connectivity index (χ2n) is 7.92. The van der Waals surface area contributed by atoms with Crippen molar-refractivity contribution in [3.05, 3.63) is 22.4 Å². The fourth-order valence-electron chi connectivity index (χ4n) is 2.88. The molecule has 1 aliphatic rings. The second kappa shape index (κ2) is 13.3. The Morgan fingerprint density at radius 1 is 1.24 bits per heavy atom. The first-order valence-electron chi connectivity index (χ1n) is 10.1. The standard InChI is InChI=1S/C20H35N5O2S.HI/c1-5-21-18(23-15-17-7-14-28-16-17)22-8-6-9-24-10-12-25(13-11-24)19(26)27-20(2,3)4;/h7,14,16H,5-6,8-13,15H2,1-4H3,(H2,21,22,23);1H. The number of guanidine groups is 1. The lowest BCUT2D eigenvalue weighted by Crippen LogP contribution is -2.50. The summed E-state index contributed by atoms with van der Waals surface area (Å²) in [6.07, 6.45) is 0.834. The molecule has 1 amide bonds. The van der Waals surface area contributed by atoms with Gasteiger partial charge < -0.3 is 20.3 Å². The van der Waals surface area contributed by atoms with Gasteiger partial charge in [-0.2, -0.15) is 11.3 Å². The maximum Gasteiger partial charge on any atom is 0.410 e. The SMILES string of the molecule is CCNC(=NCc1ccsc1)NCCCN1CCN(C(=O)OC(C)(C)C)CC1.I. The summed E-state index contributed by atoms with van der Waals surface area (Å²) in [5, 5.41) is 10.9. The second-order valence-corrected chi connectivity index (χ2v) is 8.70. The van der Waals surface area contributed by atoms with Gasteiger partial charge in [0.05, 0.1) is 6.54 Å². The summed E-state index contributed by atoms with van der Waals surface area (Å²) in [5.41, 5.74) is 0.805. The summed E-state index contributed by atoms with van der Waals surface area (Å²) in [7, 11) is 0. The molecule has 2 heterocycles. The molecule has 0 atom stereocenters. The topological polar surface area (TPSA) is 69.2 Å². The molecule has 0 aliphatic carbocycles. The summed E-state index contributed by atoms with van der Waals surface area (Å²) in [4.78, 5) is 21.0. The molecule has 0 spiro atoms. The Balaban J connectivity index is 0.00000420. The first-order valence-corrected chi connectivity index (χ1v) is 11.0. The van der Waals surface area contributed by atoms with Gasteiger partial charge in [0.2, 0.25) is 0 Å². The van der Waals surface area contributed by atoms with Crippen molar-refractivity contribution in [3.8, 4) is 0 Å². The minimum atomic E-state index is -0.435. The summed E-state index contributed by atoms with van der Waals surface area (Å²) in [6, 6.07) is 2.11. The summed E-state index contributed by atoms with van der Waals surface area (Å²) in [6.45, 7) is 14.5. The summed E-state index contributed by atoms with van der Waals surface area (Å²) in [5.74, 6) is 0.864. The molecule has 0 unspecified atom stereocenters. The van der Waals surface area contributed by atoms with E-state index in [9.17, 15) is 4.79 Å². The molecule has 1 aliphatic heterocycles. The lowest BCUT2D eigenvalue weighted by Gasteiger charge is -2.35. The number of thiophene rings is 1. The van der Waals surface area contributed by atoms with Crippen LogP contribution in [0, 0.1) is 0 Å². The third kappa shape index (κ3) is 10.5. The van der Waals surface area contributed by atoms with Crippen molar-refractivity contribution in [1.29, 1.82) is 0 Å². The van der Waals surface area contributed by atoms with Gasteiger partial charge in [-0.15, -0.1) is 24.0 Å². The number of aliphatic imine (C=N–C) groups is 1. The molecular formula is C20H36IN5O2S. The third-order valence-corrected chi connectivity index (χ3v) is 5.04. The summed E-state index contributed by atoms with van der Waals surface area (Å²) >= 11 is 1.70. The number of rotatable bonds is 7. The van der Waals surface area contributed by atoms with E-state index < -0.39 is 5.60 Å². The maximum atomic E-state index is 12.1. The monoisotopic (exact) mass is 537 g/mol. The predicted octanol–water partition coefficient (Wildman–Crippen LogP) is 3.36. The highest BCUT2D eigenvalue weighted by Gasteiger charge is 2.25. The van der Waals surface area contributed by atoms with Crippen LogP contribution >= 0.6 is 35.3 Å². The first kappa shape index (κ1) is 26.0. The van der Waals surface area contributed by atoms with Crippen molar-refractivity contribution in [2.45, 2.75) is 46.3 Å². The Hall–Kier alpha value is -1.07. The molecule has 7 nitrogen and oxygen atoms in total. The molecule has 29 heavy (non-hydrogen) atoms. The van der Waals surface area contributed by atoms with Crippen molar-refractivity contribution in [3.63, 3.8) is 0 Å². The Labute approximate surface area is 196 Å². The molecule has 1 aromatic heterocycles. The van der Waals surface area contributed by atoms with Gasteiger partial charge >= 0.3 is 6.09 Å². The van der Waals surface area contributed by atoms with E-state index in [0.29, 0.717) is 6.54 Å². The fraction of sp³-hybridized carbons (Fsp3) is 0.700. The Morgan fingerprint density at radius 3 is 2.55 bits per heavy atom. The van der Waals surface area contributed by atoms with Crippen molar-refractivity contribution in [2.24, 2.45) is 4.99 Å². The Bertz CT molecular complexity index is 611. The first-order chi connectivity index (χ1) is 13.4. The van der Waals surface area contributed by atoms with Crippen LogP contribution in [-0.4, -0.2) is 73.3 Å². The van der Waals surface area contributed by atoms with Gasteiger partial charge in [-0.3, -0.25) is 4.90 Å². The zero-order valence-corrected chi connectivity index (χ0v) is 21.2. The zero-order chi connectivity index (χ0) is 20.4. The van der Waals surface area contributed by atoms with Crippen LogP contribution in [0.3, 0.4) is 0 Å². The molecule has 1 fully saturated rings. The van der Waals surface area contributed by atoms with Crippen molar-refractivity contribution in [1.82, 2.24) is 20.4 Å². The van der Waals surface area contributed by atoms with Gasteiger partial charge in [0.25, 0.3) is 0 Å². The molecular weight excluding hydrogens is 501 g/mol. The van der Waals surface area contributed by atoms with Crippen LogP contribution in [0.5, 0.6) is 0 Å². The van der Waals surface area contributed by atoms with Crippen molar-refractivity contribution in [2.75, 3.05) is 45.8 Å². The van der Waals surface area contributed by atoms with Crippen LogP contribution in [0.25, 0.3) is 0 Å². The summed E-state index contributed by atoms with van der Waals surface area (Å²) < 4.78 is 5.45. The van der Waals surface area contributed by atoms with Crippen LogP contribution < -0.4 is 10.6 Å². The van der Waals surface area contributed by atoms with Crippen molar-refractivity contribution >= 4 is 47.4 Å². The van der Waals surface area contributed by atoms with Gasteiger partial charge in [-0.05, 0) is 63.1 Å². The molecule has 0 bridgehead atoms. The van der Waals surface area contributed by atoms with Crippen LogP contribution in [0.2, 0.25) is 0 Å². The van der Waals surface area contributed by atoms with Gasteiger partial charge in [0.15, 0.2) is 5.96 Å². The molecule has 9 heteroatoms. The average molecular weight is 538 g/mol. The zero-order valence-electron chi connectivity index (χ0n) is 18.1. The van der Waals surface area contributed by atoms with Crippen LogP contribution in [-0.2, 0) is 11.3 Å². The normalized spacial score (nSPS) is 15.6. The van der Waals surface area contributed by atoms with E-state index in [1.54, 1.807) is 16.2 Å². The fourth-order valence-corrected chi connectivity index (χ4v) is 3.54. The van der Waals surface area contributed by atoms with E-state index in [2.05, 4.69) is 44.3 Å². The number of piperazine rings is 1. The molecule has 1 aromatic rings. The smallest absolute Gasteiger partial charge is 0.410 e. The molecule has 0 aromatic carbocycles. The van der Waals surface area contributed by atoms with Gasteiger partial charge in [0.1, 0.15) is 5.60 Å². The van der Waals surface area contributed by atoms with Gasteiger partial charge in [-0.25, -0.2) is 9.79 Å². The number of carbonyl (C=O) groups excluding carboxylic acids is 1. The quantitative estimate of drug-likeness (QED) is 0.242. The van der Waals surface area contributed by atoms with E-state index in [0.717, 1.165) is 58.2 Å². The highest BCUT2D eigenvalue weighted by atomic mass is 127. The lowest BCUT2D eigenvalue weighted by atomic mass is 10.2. The third-order valence-electron chi connectivity index (χ3n) is 4.31. The van der Waals surface area contributed by atoms with Crippen LogP contribution in [0.4, 0.5) is 4.79 Å². The lowest BCUT2D eigenvalue weighted by molar-refractivity contribution is 0.0145. The number of amides is 1. The minimum Gasteiger partial charge on any atom is -0.444 e. The van der Waals surface area contributed by atoms with Crippen molar-refractivity contribution < 1.29 is 9.53 Å². The Morgan fingerprint density at radius 2 is 1.97 bits per heavy atom.